The van der Waals surface area contributed by atoms with Crippen molar-refractivity contribution in [1.29, 1.82) is 0 Å². The molecule has 0 aliphatic carbocycles. The van der Waals surface area contributed by atoms with E-state index in [0.29, 0.717) is 54.4 Å². The minimum absolute atomic E-state index is 0.157. The summed E-state index contributed by atoms with van der Waals surface area (Å²) in [7, 11) is 0. The number of rotatable bonds is 7. The van der Waals surface area contributed by atoms with Gasteiger partial charge in [-0.3, -0.25) is 19.5 Å². The van der Waals surface area contributed by atoms with Crippen LogP contribution >= 0.6 is 0 Å². The van der Waals surface area contributed by atoms with Crippen LogP contribution in [0.3, 0.4) is 0 Å². The highest BCUT2D eigenvalue weighted by atomic mass is 19.3. The third kappa shape index (κ3) is 5.56. The molecule has 1 saturated heterocycles. The van der Waals surface area contributed by atoms with Crippen LogP contribution < -0.4 is 5.32 Å². The molecule has 0 unspecified atom stereocenters. The predicted molar refractivity (Wildman–Crippen MR) is 146 cm³/mol. The van der Waals surface area contributed by atoms with E-state index < -0.39 is 12.6 Å². The summed E-state index contributed by atoms with van der Waals surface area (Å²) >= 11 is 0. The number of carbonyl (C=O) groups is 2. The van der Waals surface area contributed by atoms with Gasteiger partial charge in [-0.05, 0) is 41.1 Å². The molecule has 6 rings (SSSR count). The number of aromatic nitrogens is 6. The van der Waals surface area contributed by atoms with E-state index in [0.717, 1.165) is 5.56 Å². The van der Waals surface area contributed by atoms with Gasteiger partial charge in [-0.1, -0.05) is 35.1 Å². The van der Waals surface area contributed by atoms with Gasteiger partial charge in [-0.25, -0.2) is 4.98 Å². The van der Waals surface area contributed by atoms with Crippen LogP contribution in [0, 0.1) is 6.92 Å². The lowest BCUT2D eigenvalue weighted by Gasteiger charge is -2.38. The number of anilines is 1. The molecule has 1 fully saturated rings. The van der Waals surface area contributed by atoms with E-state index in [2.05, 4.69) is 30.7 Å². The fourth-order valence-electron chi connectivity index (χ4n) is 4.94. The van der Waals surface area contributed by atoms with E-state index in [-0.39, 0.29) is 28.1 Å². The fourth-order valence-corrected chi connectivity index (χ4v) is 4.94. The number of benzene rings is 2. The first-order chi connectivity index (χ1) is 20.4. The first-order valence-electron chi connectivity index (χ1n) is 13.2. The van der Waals surface area contributed by atoms with Gasteiger partial charge >= 0.3 is 6.55 Å². The number of piperazine rings is 1. The van der Waals surface area contributed by atoms with Crippen molar-refractivity contribution in [3.05, 3.63) is 95.4 Å². The second-order valence-electron chi connectivity index (χ2n) is 9.69. The van der Waals surface area contributed by atoms with Crippen LogP contribution in [0.2, 0.25) is 0 Å². The van der Waals surface area contributed by atoms with Crippen LogP contribution in [0.5, 0.6) is 0 Å². The van der Waals surface area contributed by atoms with Gasteiger partial charge in [0, 0.05) is 50.6 Å². The SMILES string of the molecule is Cc1nc2cc(C(=O)Nc3ccnc(C(=O)N4CCN([C@H](c5ccccc5)c5nnn(C(F)F)n5)CC4)c3)ccc2o1. The Bertz CT molecular complexity index is 1730. The quantitative estimate of drug-likeness (QED) is 0.309. The Kier molecular flexibility index (Phi) is 7.35. The number of amides is 2. The number of alkyl halides is 2. The highest BCUT2D eigenvalue weighted by molar-refractivity contribution is 6.06. The number of hydrogen-bond donors (Lipinski definition) is 1. The van der Waals surface area contributed by atoms with Crippen molar-refractivity contribution in [2.45, 2.75) is 19.5 Å². The average Bonchev–Trinajstić information content (AvgIpc) is 3.64. The maximum absolute atomic E-state index is 13.3. The van der Waals surface area contributed by atoms with Gasteiger partial charge in [0.2, 0.25) is 0 Å². The molecule has 14 heteroatoms. The van der Waals surface area contributed by atoms with Crippen molar-refractivity contribution < 1.29 is 22.8 Å². The normalized spacial score (nSPS) is 14.8. The van der Waals surface area contributed by atoms with Crippen LogP contribution in [0.15, 0.2) is 71.3 Å². The van der Waals surface area contributed by atoms with Crippen LogP contribution in [0.4, 0.5) is 14.5 Å². The summed E-state index contributed by atoms with van der Waals surface area (Å²) in [4.78, 5) is 38.7. The highest BCUT2D eigenvalue weighted by Gasteiger charge is 2.32. The van der Waals surface area contributed by atoms with E-state index in [1.807, 2.05) is 35.2 Å². The molecule has 2 amide bonds. The minimum atomic E-state index is -2.90. The minimum Gasteiger partial charge on any atom is -0.441 e. The number of carbonyl (C=O) groups excluding carboxylic acids is 2. The molecule has 0 radical (unpaired) electrons. The molecule has 1 N–H and O–H groups in total. The lowest BCUT2D eigenvalue weighted by atomic mass is 10.0. The van der Waals surface area contributed by atoms with E-state index in [1.54, 1.807) is 36.1 Å². The second-order valence-corrected chi connectivity index (χ2v) is 9.69. The van der Waals surface area contributed by atoms with Crippen LogP contribution in [-0.2, 0) is 0 Å². The monoisotopic (exact) mass is 573 g/mol. The molecule has 2 aromatic carbocycles. The van der Waals surface area contributed by atoms with Crippen LogP contribution in [0.25, 0.3) is 11.1 Å². The number of aryl methyl sites for hydroxylation is 1. The first-order valence-corrected chi connectivity index (χ1v) is 13.2. The van der Waals surface area contributed by atoms with Gasteiger partial charge in [0.15, 0.2) is 17.3 Å². The van der Waals surface area contributed by atoms with E-state index in [1.165, 1.54) is 12.3 Å². The molecular weight excluding hydrogens is 548 g/mol. The molecule has 0 bridgehead atoms. The number of nitrogens with zero attached hydrogens (tertiary/aromatic N) is 8. The predicted octanol–water partition coefficient (Wildman–Crippen LogP) is 3.71. The molecule has 1 aliphatic rings. The third-order valence-corrected chi connectivity index (χ3v) is 6.94. The summed E-state index contributed by atoms with van der Waals surface area (Å²) in [6.07, 6.45) is 1.47. The average molecular weight is 574 g/mol. The molecule has 0 saturated carbocycles. The molecule has 0 spiro atoms. The summed E-state index contributed by atoms with van der Waals surface area (Å²) in [5, 5.41) is 14.1. The molecule has 214 valence electrons. The molecule has 42 heavy (non-hydrogen) atoms. The summed E-state index contributed by atoms with van der Waals surface area (Å²) in [5.41, 5.74) is 3.00. The fraction of sp³-hybridized carbons (Fsp3) is 0.250. The van der Waals surface area contributed by atoms with E-state index in [4.69, 9.17) is 4.42 Å². The Hall–Kier alpha value is -5.11. The maximum atomic E-state index is 13.3. The molecule has 12 nitrogen and oxygen atoms in total. The standard InChI is InChI=1S/C28H25F2N9O3/c1-17-32-21-15-19(7-8-23(21)42-17)26(40)33-20-9-10-31-22(16-20)27(41)38-13-11-37(12-14-38)24(18-5-3-2-4-6-18)25-34-36-39(35-25)28(29)30/h2-10,15-16,24,28H,11-14H2,1H3,(H,31,33,40)/t24-/m1/s1. The zero-order chi connectivity index (χ0) is 29.2. The number of nitrogens with one attached hydrogen (secondary N) is 1. The van der Waals surface area contributed by atoms with Gasteiger partial charge in [0.1, 0.15) is 11.2 Å². The van der Waals surface area contributed by atoms with Gasteiger partial charge in [0.05, 0.1) is 6.04 Å². The second kappa shape index (κ2) is 11.4. The lowest BCUT2D eigenvalue weighted by Crippen LogP contribution is -2.50. The number of fused-ring (bicyclic) bond motifs is 1. The van der Waals surface area contributed by atoms with Crippen molar-refractivity contribution >= 4 is 28.6 Å². The van der Waals surface area contributed by atoms with E-state index >= 15 is 0 Å². The molecule has 1 atom stereocenters. The van der Waals surface area contributed by atoms with Crippen molar-refractivity contribution in [3.63, 3.8) is 0 Å². The van der Waals surface area contributed by atoms with Crippen molar-refractivity contribution in [1.82, 2.24) is 40.0 Å². The Labute approximate surface area is 238 Å². The topological polar surface area (TPSA) is 135 Å². The molecular formula is C28H25F2N9O3. The summed E-state index contributed by atoms with van der Waals surface area (Å²) < 4.78 is 31.7. The summed E-state index contributed by atoms with van der Waals surface area (Å²) in [5.74, 6) is 0.0139. The smallest absolute Gasteiger partial charge is 0.350 e. The van der Waals surface area contributed by atoms with Gasteiger partial charge in [-0.15, -0.1) is 10.2 Å². The lowest BCUT2D eigenvalue weighted by molar-refractivity contribution is 0.0385. The summed E-state index contributed by atoms with van der Waals surface area (Å²) in [6.45, 7) is 0.438. The van der Waals surface area contributed by atoms with Crippen molar-refractivity contribution in [2.75, 3.05) is 31.5 Å². The molecule has 4 heterocycles. The third-order valence-electron chi connectivity index (χ3n) is 6.94. The van der Waals surface area contributed by atoms with Crippen molar-refractivity contribution in [3.8, 4) is 0 Å². The number of pyridine rings is 1. The van der Waals surface area contributed by atoms with Crippen LogP contribution in [-0.4, -0.2) is 78.0 Å². The molecule has 1 aliphatic heterocycles. The van der Waals surface area contributed by atoms with Gasteiger partial charge in [-0.2, -0.15) is 8.78 Å². The van der Waals surface area contributed by atoms with Gasteiger partial charge in [0.25, 0.3) is 11.8 Å². The first kappa shape index (κ1) is 27.1. The highest BCUT2D eigenvalue weighted by Crippen LogP contribution is 2.28. The largest absolute Gasteiger partial charge is 0.441 e. The maximum Gasteiger partial charge on any atom is 0.350 e. The Balaban J connectivity index is 1.13. The zero-order valence-electron chi connectivity index (χ0n) is 22.4. The molecule has 3 aromatic heterocycles. The Morgan fingerprint density at radius 3 is 2.52 bits per heavy atom. The van der Waals surface area contributed by atoms with Crippen molar-refractivity contribution in [2.24, 2.45) is 0 Å². The number of tetrazole rings is 1. The number of hydrogen-bond acceptors (Lipinski definition) is 9. The Morgan fingerprint density at radius 2 is 1.79 bits per heavy atom. The summed E-state index contributed by atoms with van der Waals surface area (Å²) in [6, 6.07) is 16.9. The molecule has 5 aromatic rings. The van der Waals surface area contributed by atoms with E-state index in [9.17, 15) is 18.4 Å². The zero-order valence-corrected chi connectivity index (χ0v) is 22.4. The van der Waals surface area contributed by atoms with Crippen LogP contribution in [0.1, 0.15) is 50.7 Å². The number of oxazole rings is 1. The number of halogens is 2. The van der Waals surface area contributed by atoms with Gasteiger partial charge < -0.3 is 14.6 Å². The Morgan fingerprint density at radius 1 is 1.00 bits per heavy atom.